The lowest BCUT2D eigenvalue weighted by molar-refractivity contribution is -0.384. The lowest BCUT2D eigenvalue weighted by Crippen LogP contribution is -2.03. The first-order valence-electron chi connectivity index (χ1n) is 5.94. The highest BCUT2D eigenvalue weighted by molar-refractivity contribution is 6.30. The summed E-state index contributed by atoms with van der Waals surface area (Å²) in [6.07, 6.45) is 2.76. The van der Waals surface area contributed by atoms with E-state index in [1.165, 1.54) is 24.3 Å². The molecule has 0 amide bonds. The Balaban J connectivity index is 1.98. The van der Waals surface area contributed by atoms with Crippen molar-refractivity contribution in [3.8, 4) is 5.75 Å². The number of nitro benzene ring substituents is 1. The average Bonchev–Trinajstić information content (AvgIpc) is 2.48. The van der Waals surface area contributed by atoms with Gasteiger partial charge in [-0.1, -0.05) is 11.6 Å². The van der Waals surface area contributed by atoms with Crippen molar-refractivity contribution < 1.29 is 14.5 Å². The molecule has 0 unspecified atom stereocenters. The van der Waals surface area contributed by atoms with Gasteiger partial charge in [-0.2, -0.15) is 0 Å². The van der Waals surface area contributed by atoms with Crippen LogP contribution in [0, 0.1) is 10.1 Å². The summed E-state index contributed by atoms with van der Waals surface area (Å²) in [5, 5.41) is 11.1. The largest absolute Gasteiger partial charge is 0.423 e. The molecule has 106 valence electrons. The van der Waals surface area contributed by atoms with Gasteiger partial charge in [-0.15, -0.1) is 0 Å². The Morgan fingerprint density at radius 2 is 1.71 bits per heavy atom. The highest BCUT2D eigenvalue weighted by Crippen LogP contribution is 2.16. The van der Waals surface area contributed by atoms with Crippen LogP contribution in [0.25, 0.3) is 6.08 Å². The van der Waals surface area contributed by atoms with Gasteiger partial charge in [0.2, 0.25) is 0 Å². The second-order valence-electron chi connectivity index (χ2n) is 4.06. The highest BCUT2D eigenvalue weighted by atomic mass is 35.5. The molecule has 0 N–H and O–H groups in total. The van der Waals surface area contributed by atoms with Gasteiger partial charge in [-0.05, 0) is 48.0 Å². The fourth-order valence-electron chi connectivity index (χ4n) is 1.52. The third-order valence-electron chi connectivity index (χ3n) is 2.55. The lowest BCUT2D eigenvalue weighted by atomic mass is 10.2. The topological polar surface area (TPSA) is 69.4 Å². The average molecular weight is 304 g/mol. The second kappa shape index (κ2) is 6.67. The molecular formula is C15H10ClNO4. The minimum atomic E-state index is -0.546. The Bertz CT molecular complexity index is 678. The van der Waals surface area contributed by atoms with E-state index in [1.54, 1.807) is 36.4 Å². The molecule has 0 aliphatic rings. The first-order chi connectivity index (χ1) is 10.0. The zero-order valence-corrected chi connectivity index (χ0v) is 11.5. The monoisotopic (exact) mass is 303 g/mol. The molecule has 0 saturated carbocycles. The molecule has 0 spiro atoms. The zero-order valence-electron chi connectivity index (χ0n) is 10.7. The van der Waals surface area contributed by atoms with Gasteiger partial charge in [0.25, 0.3) is 5.69 Å². The van der Waals surface area contributed by atoms with Gasteiger partial charge in [0.1, 0.15) is 5.75 Å². The number of carbonyl (C=O) groups excluding carboxylic acids is 1. The van der Waals surface area contributed by atoms with Crippen LogP contribution >= 0.6 is 11.6 Å². The van der Waals surface area contributed by atoms with Gasteiger partial charge in [-0.3, -0.25) is 10.1 Å². The summed E-state index contributed by atoms with van der Waals surface area (Å²) in [5.74, 6) is -0.159. The summed E-state index contributed by atoms with van der Waals surface area (Å²) in [5.41, 5.74) is 0.657. The molecule has 2 aromatic rings. The molecule has 0 fully saturated rings. The van der Waals surface area contributed by atoms with E-state index in [2.05, 4.69) is 0 Å². The molecule has 0 radical (unpaired) electrons. The SMILES string of the molecule is O=C(C=Cc1ccc([N+](=O)[O-])cc1)Oc1ccc(Cl)cc1. The standard InChI is InChI=1S/C15H10ClNO4/c16-12-4-8-14(9-5-12)21-15(18)10-3-11-1-6-13(7-2-11)17(19)20/h1-10H. The van der Waals surface area contributed by atoms with Crippen LogP contribution in [0.15, 0.2) is 54.6 Å². The molecule has 21 heavy (non-hydrogen) atoms. The van der Waals surface area contributed by atoms with Crippen LogP contribution in [0.4, 0.5) is 5.69 Å². The first-order valence-corrected chi connectivity index (χ1v) is 6.32. The van der Waals surface area contributed by atoms with Crippen molar-refractivity contribution in [3.63, 3.8) is 0 Å². The van der Waals surface area contributed by atoms with Crippen LogP contribution in [-0.4, -0.2) is 10.9 Å². The van der Waals surface area contributed by atoms with Crippen LogP contribution in [0.2, 0.25) is 5.02 Å². The normalized spacial score (nSPS) is 10.5. The Hall–Kier alpha value is -2.66. The Morgan fingerprint density at radius 1 is 1.10 bits per heavy atom. The van der Waals surface area contributed by atoms with Gasteiger partial charge in [0.15, 0.2) is 0 Å². The van der Waals surface area contributed by atoms with E-state index in [4.69, 9.17) is 16.3 Å². The number of esters is 1. The molecule has 5 nitrogen and oxygen atoms in total. The predicted molar refractivity (Wildman–Crippen MR) is 79.2 cm³/mol. The molecule has 0 aliphatic heterocycles. The van der Waals surface area contributed by atoms with E-state index in [1.807, 2.05) is 0 Å². The number of hydrogen-bond acceptors (Lipinski definition) is 4. The van der Waals surface area contributed by atoms with Crippen LogP contribution in [0.5, 0.6) is 5.75 Å². The molecule has 0 bridgehead atoms. The van der Waals surface area contributed by atoms with Gasteiger partial charge in [-0.25, -0.2) is 4.79 Å². The molecule has 0 aromatic heterocycles. The maximum atomic E-state index is 11.6. The lowest BCUT2D eigenvalue weighted by Gasteiger charge is -2.00. The molecular weight excluding hydrogens is 294 g/mol. The van der Waals surface area contributed by atoms with Gasteiger partial charge in [0.05, 0.1) is 4.92 Å². The molecule has 6 heteroatoms. The maximum Gasteiger partial charge on any atom is 0.336 e. The summed E-state index contributed by atoms with van der Waals surface area (Å²) in [7, 11) is 0. The molecule has 0 heterocycles. The number of ether oxygens (including phenoxy) is 1. The number of rotatable bonds is 4. The van der Waals surface area contributed by atoms with Crippen LogP contribution < -0.4 is 4.74 Å². The highest BCUT2D eigenvalue weighted by Gasteiger charge is 2.03. The summed E-state index contributed by atoms with van der Waals surface area (Å²) in [4.78, 5) is 21.6. The first kappa shape index (κ1) is 14.7. The molecule has 0 saturated heterocycles. The fraction of sp³-hybridized carbons (Fsp3) is 0. The van der Waals surface area contributed by atoms with Crippen molar-refractivity contribution >= 4 is 29.3 Å². The number of hydrogen-bond donors (Lipinski definition) is 0. The summed E-state index contributed by atoms with van der Waals surface area (Å²) in [6, 6.07) is 12.2. The number of halogens is 1. The third kappa shape index (κ3) is 4.43. The summed E-state index contributed by atoms with van der Waals surface area (Å²) < 4.78 is 5.06. The van der Waals surface area contributed by atoms with Crippen molar-refractivity contribution in [1.29, 1.82) is 0 Å². The van der Waals surface area contributed by atoms with Gasteiger partial charge >= 0.3 is 5.97 Å². The quantitative estimate of drug-likeness (QED) is 0.283. The Morgan fingerprint density at radius 3 is 2.29 bits per heavy atom. The van der Waals surface area contributed by atoms with E-state index >= 15 is 0 Å². The van der Waals surface area contributed by atoms with E-state index in [0.29, 0.717) is 16.3 Å². The van der Waals surface area contributed by atoms with Crippen molar-refractivity contribution in [2.45, 2.75) is 0 Å². The van der Waals surface area contributed by atoms with E-state index in [9.17, 15) is 14.9 Å². The molecule has 0 aliphatic carbocycles. The minimum absolute atomic E-state index is 0.00380. The number of non-ortho nitro benzene ring substituents is 1. The smallest absolute Gasteiger partial charge is 0.336 e. The molecule has 0 atom stereocenters. The van der Waals surface area contributed by atoms with E-state index < -0.39 is 10.9 Å². The Labute approximate surface area is 125 Å². The van der Waals surface area contributed by atoms with Crippen LogP contribution in [-0.2, 0) is 4.79 Å². The number of carbonyl (C=O) groups is 1. The predicted octanol–water partition coefficient (Wildman–Crippen LogP) is 3.87. The maximum absolute atomic E-state index is 11.6. The summed E-state index contributed by atoms with van der Waals surface area (Å²) >= 11 is 5.72. The molecule has 2 rings (SSSR count). The second-order valence-corrected chi connectivity index (χ2v) is 4.49. The molecule has 2 aromatic carbocycles. The van der Waals surface area contributed by atoms with E-state index in [-0.39, 0.29) is 5.69 Å². The number of nitrogens with zero attached hydrogens (tertiary/aromatic N) is 1. The van der Waals surface area contributed by atoms with Crippen molar-refractivity contribution in [2.75, 3.05) is 0 Å². The van der Waals surface area contributed by atoms with Crippen LogP contribution in [0.1, 0.15) is 5.56 Å². The van der Waals surface area contributed by atoms with Crippen LogP contribution in [0.3, 0.4) is 0 Å². The van der Waals surface area contributed by atoms with Gasteiger partial charge < -0.3 is 4.74 Å². The van der Waals surface area contributed by atoms with Crippen molar-refractivity contribution in [2.24, 2.45) is 0 Å². The summed E-state index contributed by atoms with van der Waals surface area (Å²) in [6.45, 7) is 0. The minimum Gasteiger partial charge on any atom is -0.423 e. The Kier molecular flexibility index (Phi) is 4.68. The number of nitro groups is 1. The van der Waals surface area contributed by atoms with E-state index in [0.717, 1.165) is 0 Å². The number of benzene rings is 2. The fourth-order valence-corrected chi connectivity index (χ4v) is 1.65. The van der Waals surface area contributed by atoms with Gasteiger partial charge in [0, 0.05) is 23.2 Å². The van der Waals surface area contributed by atoms with Crippen molar-refractivity contribution in [3.05, 3.63) is 75.3 Å². The third-order valence-corrected chi connectivity index (χ3v) is 2.80. The zero-order chi connectivity index (χ0) is 15.2. The van der Waals surface area contributed by atoms with Crippen molar-refractivity contribution in [1.82, 2.24) is 0 Å².